The van der Waals surface area contributed by atoms with Gasteiger partial charge in [0.25, 0.3) is 0 Å². The standard InChI is InChI=1S/C23H33N5OS/c1-23(2,3)19-16-30-20(27-19)14-26-22(24-4)25-13-18-12-21(29)28(15-18)11-10-17-8-6-5-7-9-17/h5-9,16,18H,10-15H2,1-4H3,(H2,24,25,26). The zero-order chi connectivity index (χ0) is 21.6. The molecule has 1 atom stereocenters. The minimum absolute atomic E-state index is 0.0655. The number of nitrogens with zero attached hydrogens (tertiary/aromatic N) is 3. The average molecular weight is 428 g/mol. The normalized spacial score (nSPS) is 17.5. The van der Waals surface area contributed by atoms with E-state index in [0.29, 0.717) is 18.9 Å². The zero-order valence-electron chi connectivity index (χ0n) is 18.4. The van der Waals surface area contributed by atoms with E-state index in [1.807, 2.05) is 23.1 Å². The molecule has 3 rings (SSSR count). The van der Waals surface area contributed by atoms with Gasteiger partial charge in [-0.2, -0.15) is 0 Å². The van der Waals surface area contributed by atoms with Crippen molar-refractivity contribution in [3.63, 3.8) is 0 Å². The molecule has 6 nitrogen and oxygen atoms in total. The van der Waals surface area contributed by atoms with Crippen LogP contribution in [-0.4, -0.2) is 48.4 Å². The zero-order valence-corrected chi connectivity index (χ0v) is 19.3. The Bertz CT molecular complexity index is 856. The summed E-state index contributed by atoms with van der Waals surface area (Å²) in [5, 5.41) is 9.88. The number of guanidine groups is 1. The number of aliphatic imine (C=N–C) groups is 1. The molecule has 1 aromatic heterocycles. The first-order valence-corrected chi connectivity index (χ1v) is 11.4. The fourth-order valence-electron chi connectivity index (χ4n) is 3.47. The van der Waals surface area contributed by atoms with Crippen LogP contribution in [0.5, 0.6) is 0 Å². The number of thiazole rings is 1. The third kappa shape index (κ3) is 6.29. The summed E-state index contributed by atoms with van der Waals surface area (Å²) in [5.41, 5.74) is 2.45. The maximum Gasteiger partial charge on any atom is 0.223 e. The van der Waals surface area contributed by atoms with Crippen LogP contribution in [0.15, 0.2) is 40.7 Å². The molecule has 2 aromatic rings. The molecule has 1 aliphatic heterocycles. The van der Waals surface area contributed by atoms with E-state index < -0.39 is 0 Å². The molecule has 0 bridgehead atoms. The Kier molecular flexibility index (Phi) is 7.48. The van der Waals surface area contributed by atoms with Crippen molar-refractivity contribution in [2.45, 2.75) is 45.6 Å². The van der Waals surface area contributed by atoms with Crippen LogP contribution in [0.1, 0.15) is 43.5 Å². The summed E-state index contributed by atoms with van der Waals surface area (Å²) in [6.45, 7) is 9.48. The molecule has 2 heterocycles. The molecule has 1 fully saturated rings. The van der Waals surface area contributed by atoms with Gasteiger partial charge in [0.2, 0.25) is 5.91 Å². The lowest BCUT2D eigenvalue weighted by Gasteiger charge is -2.18. The van der Waals surface area contributed by atoms with Crippen LogP contribution in [0.25, 0.3) is 0 Å². The summed E-state index contributed by atoms with van der Waals surface area (Å²) in [5.74, 6) is 1.30. The molecule has 7 heteroatoms. The van der Waals surface area contributed by atoms with Crippen LogP contribution < -0.4 is 10.6 Å². The van der Waals surface area contributed by atoms with Crippen LogP contribution in [0, 0.1) is 5.92 Å². The number of aromatic nitrogens is 1. The monoisotopic (exact) mass is 427 g/mol. The van der Waals surface area contributed by atoms with Crippen LogP contribution in [0.2, 0.25) is 0 Å². The smallest absolute Gasteiger partial charge is 0.223 e. The summed E-state index contributed by atoms with van der Waals surface area (Å²) in [6, 6.07) is 10.3. The van der Waals surface area contributed by atoms with Crippen LogP contribution in [0.3, 0.4) is 0 Å². The van der Waals surface area contributed by atoms with Gasteiger partial charge in [-0.05, 0) is 12.0 Å². The van der Waals surface area contributed by atoms with Gasteiger partial charge in [0, 0.05) is 49.8 Å². The highest BCUT2D eigenvalue weighted by molar-refractivity contribution is 7.09. The van der Waals surface area contributed by atoms with Gasteiger partial charge in [-0.25, -0.2) is 4.98 Å². The van der Waals surface area contributed by atoms with Gasteiger partial charge in [0.1, 0.15) is 5.01 Å². The fourth-order valence-corrected chi connectivity index (χ4v) is 4.43. The van der Waals surface area contributed by atoms with Gasteiger partial charge in [-0.3, -0.25) is 9.79 Å². The van der Waals surface area contributed by atoms with Crippen molar-refractivity contribution in [2.24, 2.45) is 10.9 Å². The molecule has 0 spiro atoms. The van der Waals surface area contributed by atoms with Crippen molar-refractivity contribution >= 4 is 23.2 Å². The number of amides is 1. The second kappa shape index (κ2) is 10.1. The molecule has 1 unspecified atom stereocenters. The summed E-state index contributed by atoms with van der Waals surface area (Å²) in [7, 11) is 1.77. The number of carbonyl (C=O) groups is 1. The lowest BCUT2D eigenvalue weighted by Crippen LogP contribution is -2.40. The van der Waals surface area contributed by atoms with Crippen molar-refractivity contribution in [1.82, 2.24) is 20.5 Å². The van der Waals surface area contributed by atoms with Crippen molar-refractivity contribution in [2.75, 3.05) is 26.7 Å². The van der Waals surface area contributed by atoms with Crippen LogP contribution in [0.4, 0.5) is 0 Å². The highest BCUT2D eigenvalue weighted by atomic mass is 32.1. The molecule has 0 radical (unpaired) electrons. The Morgan fingerprint density at radius 1 is 1.27 bits per heavy atom. The summed E-state index contributed by atoms with van der Waals surface area (Å²) < 4.78 is 0. The molecule has 1 amide bonds. The molecule has 0 saturated carbocycles. The number of nitrogens with one attached hydrogen (secondary N) is 2. The van der Waals surface area contributed by atoms with E-state index in [0.717, 1.165) is 42.7 Å². The lowest BCUT2D eigenvalue weighted by molar-refractivity contribution is -0.127. The average Bonchev–Trinajstić information content (AvgIpc) is 3.34. The third-order valence-electron chi connectivity index (χ3n) is 5.32. The SMILES string of the molecule is CN=C(NCc1nc(C(C)(C)C)cs1)NCC1CC(=O)N(CCc2ccccc2)C1. The van der Waals surface area contributed by atoms with E-state index in [4.69, 9.17) is 4.98 Å². The minimum Gasteiger partial charge on any atom is -0.356 e. The van der Waals surface area contributed by atoms with Gasteiger partial charge in [-0.15, -0.1) is 11.3 Å². The number of hydrogen-bond donors (Lipinski definition) is 2. The minimum atomic E-state index is 0.0655. The Hall–Kier alpha value is -2.41. The highest BCUT2D eigenvalue weighted by Crippen LogP contribution is 2.23. The second-order valence-electron chi connectivity index (χ2n) is 8.83. The van der Waals surface area contributed by atoms with E-state index in [1.165, 1.54) is 5.56 Å². The first-order chi connectivity index (χ1) is 14.3. The molecule has 0 aliphatic carbocycles. The molecule has 1 aromatic carbocycles. The van der Waals surface area contributed by atoms with Crippen molar-refractivity contribution in [3.8, 4) is 0 Å². The summed E-state index contributed by atoms with van der Waals surface area (Å²) in [4.78, 5) is 23.4. The fraction of sp³-hybridized carbons (Fsp3) is 0.522. The first kappa shape index (κ1) is 22.3. The molecular formula is C23H33N5OS. The van der Waals surface area contributed by atoms with Crippen molar-refractivity contribution in [3.05, 3.63) is 52.0 Å². The predicted octanol–water partition coefficient (Wildman–Crippen LogP) is 3.20. The van der Waals surface area contributed by atoms with Gasteiger partial charge in [-0.1, -0.05) is 51.1 Å². The van der Waals surface area contributed by atoms with Gasteiger partial charge in [0.15, 0.2) is 5.96 Å². The molecule has 2 N–H and O–H groups in total. The number of rotatable bonds is 7. The largest absolute Gasteiger partial charge is 0.356 e. The Morgan fingerprint density at radius 3 is 2.70 bits per heavy atom. The van der Waals surface area contributed by atoms with E-state index in [1.54, 1.807) is 18.4 Å². The third-order valence-corrected chi connectivity index (χ3v) is 6.17. The van der Waals surface area contributed by atoms with Gasteiger partial charge >= 0.3 is 0 Å². The molecule has 162 valence electrons. The van der Waals surface area contributed by atoms with E-state index in [-0.39, 0.29) is 11.3 Å². The molecular weight excluding hydrogens is 394 g/mol. The number of hydrogen-bond acceptors (Lipinski definition) is 4. The van der Waals surface area contributed by atoms with Crippen LogP contribution in [-0.2, 0) is 23.2 Å². The van der Waals surface area contributed by atoms with Gasteiger partial charge in [0.05, 0.1) is 12.2 Å². The number of carbonyl (C=O) groups excluding carboxylic acids is 1. The lowest BCUT2D eigenvalue weighted by atomic mass is 9.93. The Morgan fingerprint density at radius 2 is 2.03 bits per heavy atom. The Balaban J connectivity index is 1.41. The van der Waals surface area contributed by atoms with E-state index in [9.17, 15) is 4.79 Å². The van der Waals surface area contributed by atoms with Crippen molar-refractivity contribution < 1.29 is 4.79 Å². The molecule has 1 aliphatic rings. The number of likely N-dealkylation sites (tertiary alicyclic amines) is 1. The van der Waals surface area contributed by atoms with Crippen molar-refractivity contribution in [1.29, 1.82) is 0 Å². The first-order valence-electron chi connectivity index (χ1n) is 10.6. The van der Waals surface area contributed by atoms with E-state index in [2.05, 4.69) is 53.9 Å². The maximum atomic E-state index is 12.4. The van der Waals surface area contributed by atoms with Gasteiger partial charge < -0.3 is 15.5 Å². The highest BCUT2D eigenvalue weighted by Gasteiger charge is 2.29. The predicted molar refractivity (Wildman–Crippen MR) is 124 cm³/mol. The summed E-state index contributed by atoms with van der Waals surface area (Å²) in [6.07, 6.45) is 1.50. The Labute approximate surface area is 183 Å². The van der Waals surface area contributed by atoms with Crippen LogP contribution >= 0.6 is 11.3 Å². The molecule has 30 heavy (non-hydrogen) atoms. The topological polar surface area (TPSA) is 69.6 Å². The van der Waals surface area contributed by atoms with E-state index >= 15 is 0 Å². The summed E-state index contributed by atoms with van der Waals surface area (Å²) >= 11 is 1.67. The quantitative estimate of drug-likeness (QED) is 0.526. The second-order valence-corrected chi connectivity index (χ2v) is 9.77. The molecule has 1 saturated heterocycles. The number of benzene rings is 1. The maximum absolute atomic E-state index is 12.4.